The summed E-state index contributed by atoms with van der Waals surface area (Å²) in [6, 6.07) is 0. The zero-order valence-electron chi connectivity index (χ0n) is 17.9. The van der Waals surface area contributed by atoms with Gasteiger partial charge in [-0.05, 0) is 40.5 Å². The van der Waals surface area contributed by atoms with Gasteiger partial charge in [0.1, 0.15) is 0 Å². The molecule has 2 unspecified atom stereocenters. The molecule has 2 aliphatic rings. The fourth-order valence-corrected chi connectivity index (χ4v) is 4.35. The number of carbonyl (C=O) groups is 3. The van der Waals surface area contributed by atoms with Gasteiger partial charge in [0.2, 0.25) is 6.10 Å². The summed E-state index contributed by atoms with van der Waals surface area (Å²) in [5.74, 6) is 2.40. The zero-order valence-corrected chi connectivity index (χ0v) is 19.5. The average molecular weight is 435 g/mol. The fraction of sp³-hybridized carbons (Fsp3) is 0.850. The fourth-order valence-electron chi connectivity index (χ4n) is 1.97. The van der Waals surface area contributed by atoms with E-state index in [0.29, 0.717) is 19.4 Å². The van der Waals surface area contributed by atoms with E-state index in [4.69, 9.17) is 14.2 Å². The molecular weight excluding hydrogens is 400 g/mol. The molecular formula is C20H34O6S2. The molecule has 2 rings (SSSR count). The van der Waals surface area contributed by atoms with Gasteiger partial charge < -0.3 is 14.2 Å². The van der Waals surface area contributed by atoms with E-state index in [2.05, 4.69) is 0 Å². The number of hydrogen-bond acceptors (Lipinski definition) is 8. The van der Waals surface area contributed by atoms with Crippen molar-refractivity contribution in [2.75, 3.05) is 23.9 Å². The van der Waals surface area contributed by atoms with Crippen LogP contribution in [0.4, 0.5) is 0 Å². The molecule has 2 saturated heterocycles. The van der Waals surface area contributed by atoms with Gasteiger partial charge in [-0.15, -0.1) is 11.8 Å². The molecule has 0 N–H and O–H groups in total. The molecule has 8 heteroatoms. The van der Waals surface area contributed by atoms with Gasteiger partial charge in [0.05, 0.1) is 17.4 Å². The Labute approximate surface area is 177 Å². The van der Waals surface area contributed by atoms with E-state index < -0.39 is 17.5 Å². The van der Waals surface area contributed by atoms with E-state index in [1.165, 1.54) is 5.75 Å². The van der Waals surface area contributed by atoms with Crippen LogP contribution in [0.5, 0.6) is 0 Å². The summed E-state index contributed by atoms with van der Waals surface area (Å²) in [6.07, 6.45) is 1.31. The molecule has 2 aliphatic heterocycles. The van der Waals surface area contributed by atoms with Crippen molar-refractivity contribution < 1.29 is 28.6 Å². The van der Waals surface area contributed by atoms with E-state index in [9.17, 15) is 14.4 Å². The summed E-state index contributed by atoms with van der Waals surface area (Å²) in [5, 5.41) is 0. The molecule has 0 aromatic rings. The molecule has 0 saturated carbocycles. The quantitative estimate of drug-likeness (QED) is 0.457. The Bertz CT molecular complexity index is 541. The largest absolute Gasteiger partial charge is 0.463 e. The number of rotatable bonds is 6. The molecule has 2 atom stereocenters. The van der Waals surface area contributed by atoms with Crippen LogP contribution in [0.25, 0.3) is 0 Å². The molecule has 0 spiro atoms. The summed E-state index contributed by atoms with van der Waals surface area (Å²) in [4.78, 5) is 34.3. The maximum Gasteiger partial charge on any atom is 0.347 e. The van der Waals surface area contributed by atoms with Crippen LogP contribution in [0.3, 0.4) is 0 Å². The SMILES string of the molecule is CCC(C)(C)C(=O)OC1CCOC1=O.CCC(C)(C)C(=O)OC1CSCCS1. The summed E-state index contributed by atoms with van der Waals surface area (Å²) < 4.78 is 15.2. The summed E-state index contributed by atoms with van der Waals surface area (Å²) in [5.41, 5.74) is -0.780. The number of thioether (sulfide) groups is 2. The van der Waals surface area contributed by atoms with Crippen molar-refractivity contribution in [2.45, 2.75) is 72.3 Å². The van der Waals surface area contributed by atoms with Crippen LogP contribution in [-0.2, 0) is 28.6 Å². The van der Waals surface area contributed by atoms with Crippen LogP contribution >= 0.6 is 23.5 Å². The van der Waals surface area contributed by atoms with Crippen molar-refractivity contribution in [3.63, 3.8) is 0 Å². The van der Waals surface area contributed by atoms with Gasteiger partial charge >= 0.3 is 17.9 Å². The Kier molecular flexibility index (Phi) is 10.2. The molecule has 162 valence electrons. The standard InChI is InChI=1S/C10H16O4.C10H18O2S2/c1-4-10(2,3)9(12)14-7-5-6-13-8(7)11;1-4-10(2,3)9(11)12-8-7-13-5-6-14-8/h7H,4-6H2,1-3H3;8H,4-7H2,1-3H3. The van der Waals surface area contributed by atoms with Crippen molar-refractivity contribution in [1.82, 2.24) is 0 Å². The maximum absolute atomic E-state index is 11.7. The van der Waals surface area contributed by atoms with Gasteiger partial charge in [0, 0.05) is 23.7 Å². The number of carbonyl (C=O) groups excluding carboxylic acids is 3. The zero-order chi connectivity index (χ0) is 21.4. The molecule has 0 aliphatic carbocycles. The number of hydrogen-bond donors (Lipinski definition) is 0. The molecule has 2 heterocycles. The van der Waals surface area contributed by atoms with Crippen LogP contribution in [-0.4, -0.2) is 53.3 Å². The van der Waals surface area contributed by atoms with Crippen molar-refractivity contribution in [3.8, 4) is 0 Å². The average Bonchev–Trinajstić information content (AvgIpc) is 3.07. The molecule has 28 heavy (non-hydrogen) atoms. The minimum Gasteiger partial charge on any atom is -0.463 e. The van der Waals surface area contributed by atoms with Gasteiger partial charge in [-0.1, -0.05) is 13.8 Å². The topological polar surface area (TPSA) is 78.9 Å². The lowest BCUT2D eigenvalue weighted by Gasteiger charge is -2.26. The lowest BCUT2D eigenvalue weighted by molar-refractivity contribution is -0.167. The Balaban J connectivity index is 0.000000280. The van der Waals surface area contributed by atoms with Gasteiger partial charge in [0.25, 0.3) is 0 Å². The minimum atomic E-state index is -0.687. The van der Waals surface area contributed by atoms with Gasteiger partial charge in [-0.25, -0.2) is 4.79 Å². The van der Waals surface area contributed by atoms with E-state index >= 15 is 0 Å². The summed E-state index contributed by atoms with van der Waals surface area (Å²) >= 11 is 3.62. The maximum atomic E-state index is 11.7. The van der Waals surface area contributed by atoms with E-state index in [1.807, 2.05) is 39.5 Å². The van der Waals surface area contributed by atoms with E-state index in [1.54, 1.807) is 25.6 Å². The first-order valence-corrected chi connectivity index (χ1v) is 12.0. The molecule has 0 bridgehead atoms. The van der Waals surface area contributed by atoms with Crippen molar-refractivity contribution >= 4 is 41.4 Å². The molecule has 6 nitrogen and oxygen atoms in total. The summed E-state index contributed by atoms with van der Waals surface area (Å²) in [7, 11) is 0. The highest BCUT2D eigenvalue weighted by Crippen LogP contribution is 2.29. The predicted molar refractivity (Wildman–Crippen MR) is 113 cm³/mol. The first-order chi connectivity index (χ1) is 13.0. The molecule has 0 aromatic heterocycles. The molecule has 0 amide bonds. The highest BCUT2D eigenvalue weighted by molar-refractivity contribution is 8.06. The molecule has 0 radical (unpaired) electrons. The molecule has 2 fully saturated rings. The normalized spacial score (nSPS) is 22.6. The predicted octanol–water partition coefficient (Wildman–Crippen LogP) is 4.05. The Morgan fingerprint density at radius 3 is 2.04 bits per heavy atom. The van der Waals surface area contributed by atoms with Crippen LogP contribution in [0.1, 0.15) is 60.8 Å². The second kappa shape index (κ2) is 11.3. The number of cyclic esters (lactones) is 1. The third-order valence-corrected chi connectivity index (χ3v) is 7.61. The second-order valence-corrected chi connectivity index (χ2v) is 10.5. The monoisotopic (exact) mass is 434 g/mol. The molecule has 0 aromatic carbocycles. The van der Waals surface area contributed by atoms with Crippen LogP contribution < -0.4 is 0 Å². The van der Waals surface area contributed by atoms with Crippen molar-refractivity contribution in [2.24, 2.45) is 10.8 Å². The Hall–Kier alpha value is -0.890. The van der Waals surface area contributed by atoms with Crippen molar-refractivity contribution in [3.05, 3.63) is 0 Å². The van der Waals surface area contributed by atoms with Crippen molar-refractivity contribution in [1.29, 1.82) is 0 Å². The van der Waals surface area contributed by atoms with Crippen LogP contribution in [0.15, 0.2) is 0 Å². The summed E-state index contributed by atoms with van der Waals surface area (Å²) in [6.45, 7) is 11.8. The number of ether oxygens (including phenoxy) is 3. The number of esters is 3. The van der Waals surface area contributed by atoms with Crippen LogP contribution in [0, 0.1) is 10.8 Å². The lowest BCUT2D eigenvalue weighted by atomic mass is 9.90. The first kappa shape index (κ1) is 25.1. The Morgan fingerprint density at radius 1 is 1.04 bits per heavy atom. The highest BCUT2D eigenvalue weighted by atomic mass is 32.2. The van der Waals surface area contributed by atoms with Gasteiger partial charge in [0.15, 0.2) is 5.44 Å². The van der Waals surface area contributed by atoms with E-state index in [-0.39, 0.29) is 22.8 Å². The Morgan fingerprint density at radius 2 is 1.61 bits per heavy atom. The van der Waals surface area contributed by atoms with E-state index in [0.717, 1.165) is 17.9 Å². The minimum absolute atomic E-state index is 0.0556. The highest BCUT2D eigenvalue weighted by Gasteiger charge is 2.35. The van der Waals surface area contributed by atoms with Crippen LogP contribution in [0.2, 0.25) is 0 Å². The van der Waals surface area contributed by atoms with Gasteiger partial charge in [-0.3, -0.25) is 9.59 Å². The second-order valence-electron chi connectivity index (χ2n) is 8.11. The smallest absolute Gasteiger partial charge is 0.347 e. The third-order valence-electron chi connectivity index (χ3n) is 5.03. The van der Waals surface area contributed by atoms with Gasteiger partial charge in [-0.2, -0.15) is 11.8 Å². The third kappa shape index (κ3) is 7.85. The lowest BCUT2D eigenvalue weighted by Crippen LogP contribution is -2.32. The first-order valence-electron chi connectivity index (χ1n) is 9.81.